The number of hydrogen-bond acceptors (Lipinski definition) is 6. The predicted molar refractivity (Wildman–Crippen MR) is 86.0 cm³/mol. The van der Waals surface area contributed by atoms with Gasteiger partial charge in [-0.1, -0.05) is 23.9 Å². The van der Waals surface area contributed by atoms with Crippen LogP contribution in [0, 0.1) is 16.0 Å². The second-order valence-corrected chi connectivity index (χ2v) is 6.23. The molecule has 1 N–H and O–H groups in total. The van der Waals surface area contributed by atoms with E-state index >= 15 is 0 Å². The van der Waals surface area contributed by atoms with Gasteiger partial charge in [0.2, 0.25) is 5.91 Å². The van der Waals surface area contributed by atoms with Gasteiger partial charge in [-0.2, -0.15) is 0 Å². The number of nitrogens with zero attached hydrogens (tertiary/aromatic N) is 3. The molecule has 0 radical (unpaired) electrons. The van der Waals surface area contributed by atoms with Crippen molar-refractivity contribution in [3.8, 4) is 0 Å². The first-order valence-corrected chi connectivity index (χ1v) is 8.11. The van der Waals surface area contributed by atoms with E-state index in [1.54, 1.807) is 24.3 Å². The number of nitro benzene ring substituents is 1. The van der Waals surface area contributed by atoms with Crippen molar-refractivity contribution in [1.82, 2.24) is 10.2 Å². The number of nitrogens with one attached hydrogen (secondary N) is 1. The van der Waals surface area contributed by atoms with Crippen LogP contribution >= 0.6 is 11.8 Å². The summed E-state index contributed by atoms with van der Waals surface area (Å²) in [5.74, 6) is 1.13. The molecule has 1 heterocycles. The largest absolute Gasteiger partial charge is 0.309 e. The lowest BCUT2D eigenvalue weighted by Gasteiger charge is -2.04. The van der Waals surface area contributed by atoms with Gasteiger partial charge in [-0.15, -0.1) is 10.2 Å². The van der Waals surface area contributed by atoms with Crippen LogP contribution in [0.2, 0.25) is 0 Å². The van der Waals surface area contributed by atoms with Crippen molar-refractivity contribution in [2.75, 3.05) is 5.32 Å². The Kier molecular flexibility index (Phi) is 4.52. The predicted octanol–water partition coefficient (Wildman–Crippen LogP) is 3.03. The van der Waals surface area contributed by atoms with Crippen LogP contribution in [0.4, 0.5) is 11.5 Å². The number of amides is 1. The van der Waals surface area contributed by atoms with E-state index in [4.69, 9.17) is 0 Å². The second-order valence-electron chi connectivity index (χ2n) is 5.24. The molecule has 0 spiro atoms. The summed E-state index contributed by atoms with van der Waals surface area (Å²) in [5.41, 5.74) is 0.921. The van der Waals surface area contributed by atoms with Gasteiger partial charge in [0, 0.05) is 23.8 Å². The summed E-state index contributed by atoms with van der Waals surface area (Å²) < 4.78 is 0. The highest BCUT2D eigenvalue weighted by Gasteiger charge is 2.29. The number of hydrogen-bond donors (Lipinski definition) is 1. The van der Waals surface area contributed by atoms with Crippen LogP contribution in [-0.4, -0.2) is 21.0 Å². The summed E-state index contributed by atoms with van der Waals surface area (Å²) in [7, 11) is 0. The van der Waals surface area contributed by atoms with Crippen LogP contribution in [0.1, 0.15) is 18.4 Å². The average Bonchev–Trinajstić information content (AvgIpc) is 3.39. The Bertz CT molecular complexity index is 732. The summed E-state index contributed by atoms with van der Waals surface area (Å²) in [6.07, 6.45) is 1.88. The zero-order chi connectivity index (χ0) is 16.2. The minimum Gasteiger partial charge on any atom is -0.309 e. The zero-order valence-electron chi connectivity index (χ0n) is 12.1. The molecular weight excluding hydrogens is 316 g/mol. The first kappa shape index (κ1) is 15.4. The van der Waals surface area contributed by atoms with E-state index in [1.165, 1.54) is 17.8 Å². The van der Waals surface area contributed by atoms with Gasteiger partial charge in [-0.25, -0.2) is 0 Å². The lowest BCUT2D eigenvalue weighted by Crippen LogP contribution is -2.14. The van der Waals surface area contributed by atoms with Crippen molar-refractivity contribution in [3.05, 3.63) is 52.1 Å². The SMILES string of the molecule is O=C(Nc1ccc(SCc2cccc([N+](=O)[O-])c2)nn1)C1CC1. The molecular formula is C15H14N4O3S. The normalized spacial score (nSPS) is 13.6. The Labute approximate surface area is 136 Å². The highest BCUT2D eigenvalue weighted by molar-refractivity contribution is 7.98. The molecule has 8 heteroatoms. The van der Waals surface area contributed by atoms with Crippen LogP contribution in [0.3, 0.4) is 0 Å². The highest BCUT2D eigenvalue weighted by Crippen LogP contribution is 2.30. The number of anilines is 1. The third-order valence-corrected chi connectivity index (χ3v) is 4.34. The third kappa shape index (κ3) is 4.26. The smallest absolute Gasteiger partial charge is 0.269 e. The molecule has 0 saturated heterocycles. The topological polar surface area (TPSA) is 98.0 Å². The summed E-state index contributed by atoms with van der Waals surface area (Å²) >= 11 is 1.43. The Morgan fingerprint density at radius 2 is 2.13 bits per heavy atom. The molecule has 3 rings (SSSR count). The molecule has 1 saturated carbocycles. The van der Waals surface area contributed by atoms with Crippen molar-refractivity contribution < 1.29 is 9.72 Å². The van der Waals surface area contributed by atoms with Gasteiger partial charge in [0.15, 0.2) is 5.82 Å². The number of aromatic nitrogens is 2. The quantitative estimate of drug-likeness (QED) is 0.496. The van der Waals surface area contributed by atoms with E-state index in [1.807, 2.05) is 6.07 Å². The number of rotatable bonds is 6. The Hall–Kier alpha value is -2.48. The molecule has 1 aliphatic carbocycles. The Morgan fingerprint density at radius 3 is 2.78 bits per heavy atom. The molecule has 2 aromatic rings. The van der Waals surface area contributed by atoms with E-state index in [0.717, 1.165) is 18.4 Å². The van der Waals surface area contributed by atoms with Gasteiger partial charge >= 0.3 is 0 Å². The number of thioether (sulfide) groups is 1. The third-order valence-electron chi connectivity index (χ3n) is 3.35. The van der Waals surface area contributed by atoms with E-state index in [0.29, 0.717) is 16.6 Å². The van der Waals surface area contributed by atoms with E-state index < -0.39 is 4.92 Å². The maximum absolute atomic E-state index is 11.6. The number of nitro groups is 1. The lowest BCUT2D eigenvalue weighted by molar-refractivity contribution is -0.384. The van der Waals surface area contributed by atoms with E-state index in [-0.39, 0.29) is 17.5 Å². The molecule has 0 unspecified atom stereocenters. The number of carbonyl (C=O) groups excluding carboxylic acids is 1. The fourth-order valence-corrected chi connectivity index (χ4v) is 2.71. The number of non-ortho nitro benzene ring substituents is 1. The van der Waals surface area contributed by atoms with Crippen LogP contribution < -0.4 is 5.32 Å². The van der Waals surface area contributed by atoms with Gasteiger partial charge in [0.1, 0.15) is 5.03 Å². The van der Waals surface area contributed by atoms with Gasteiger partial charge in [-0.3, -0.25) is 14.9 Å². The average molecular weight is 330 g/mol. The molecule has 1 amide bonds. The monoisotopic (exact) mass is 330 g/mol. The minimum absolute atomic E-state index is 0.00343. The fraction of sp³-hybridized carbons (Fsp3) is 0.267. The maximum Gasteiger partial charge on any atom is 0.269 e. The molecule has 1 aromatic carbocycles. The van der Waals surface area contributed by atoms with E-state index in [9.17, 15) is 14.9 Å². The van der Waals surface area contributed by atoms with Crippen LogP contribution in [0.25, 0.3) is 0 Å². The first-order chi connectivity index (χ1) is 11.1. The van der Waals surface area contributed by atoms with Crippen molar-refractivity contribution in [1.29, 1.82) is 0 Å². The lowest BCUT2D eigenvalue weighted by atomic mass is 10.2. The van der Waals surface area contributed by atoms with E-state index in [2.05, 4.69) is 15.5 Å². The van der Waals surface area contributed by atoms with Crippen LogP contribution in [-0.2, 0) is 10.5 Å². The number of carbonyl (C=O) groups is 1. The molecule has 1 aliphatic rings. The minimum atomic E-state index is -0.411. The van der Waals surface area contributed by atoms with Gasteiger partial charge < -0.3 is 5.32 Å². The molecule has 118 valence electrons. The van der Waals surface area contributed by atoms with Crippen molar-refractivity contribution in [2.45, 2.75) is 23.6 Å². The van der Waals surface area contributed by atoms with Gasteiger partial charge in [-0.05, 0) is 30.5 Å². The summed E-state index contributed by atoms with van der Waals surface area (Å²) in [6.45, 7) is 0. The summed E-state index contributed by atoms with van der Waals surface area (Å²) in [6, 6.07) is 9.99. The first-order valence-electron chi connectivity index (χ1n) is 7.12. The molecule has 0 aliphatic heterocycles. The molecule has 23 heavy (non-hydrogen) atoms. The van der Waals surface area contributed by atoms with Crippen LogP contribution in [0.15, 0.2) is 41.4 Å². The molecule has 1 aromatic heterocycles. The van der Waals surface area contributed by atoms with Gasteiger partial charge in [0.25, 0.3) is 5.69 Å². The summed E-state index contributed by atoms with van der Waals surface area (Å²) in [4.78, 5) is 22.0. The van der Waals surface area contributed by atoms with Crippen molar-refractivity contribution in [3.63, 3.8) is 0 Å². The summed E-state index contributed by atoms with van der Waals surface area (Å²) in [5, 5.41) is 22.2. The zero-order valence-corrected chi connectivity index (χ0v) is 13.0. The fourth-order valence-electron chi connectivity index (χ4n) is 1.95. The molecule has 1 fully saturated rings. The van der Waals surface area contributed by atoms with Crippen molar-refractivity contribution in [2.24, 2.45) is 5.92 Å². The Balaban J connectivity index is 1.56. The standard InChI is InChI=1S/C15H14N4O3S/c20-15(11-4-5-11)16-13-6-7-14(18-17-13)23-9-10-2-1-3-12(8-10)19(21)22/h1-3,6-8,11H,4-5,9H2,(H,16,17,20). The van der Waals surface area contributed by atoms with Crippen molar-refractivity contribution >= 4 is 29.2 Å². The molecule has 7 nitrogen and oxygen atoms in total. The second kappa shape index (κ2) is 6.74. The highest BCUT2D eigenvalue weighted by atomic mass is 32.2. The maximum atomic E-state index is 11.6. The molecule has 0 bridgehead atoms. The molecule has 0 atom stereocenters. The van der Waals surface area contributed by atoms with Gasteiger partial charge in [0.05, 0.1) is 4.92 Å². The Morgan fingerprint density at radius 1 is 1.30 bits per heavy atom. The number of benzene rings is 1. The van der Waals surface area contributed by atoms with Crippen LogP contribution in [0.5, 0.6) is 0 Å².